The van der Waals surface area contributed by atoms with Crippen LogP contribution >= 0.6 is 0 Å². The molecule has 0 saturated heterocycles. The molecule has 0 aliphatic rings. The van der Waals surface area contributed by atoms with Crippen molar-refractivity contribution in [1.29, 1.82) is 0 Å². The fraction of sp³-hybridized carbons (Fsp3) is 0.188. The number of rotatable bonds is 4. The Kier molecular flexibility index (Phi) is 4.25. The third-order valence-corrected chi connectivity index (χ3v) is 3.03. The smallest absolute Gasteiger partial charge is 0.170 e. The van der Waals surface area contributed by atoms with Gasteiger partial charge in [0.2, 0.25) is 0 Å². The Labute approximate surface area is 118 Å². The number of hydrogen-bond acceptors (Lipinski definition) is 3. The van der Waals surface area contributed by atoms with Crippen LogP contribution in [-0.4, -0.2) is 11.0 Å². The normalized spacial score (nSPS) is 11.7. The molecule has 0 heterocycles. The zero-order valence-corrected chi connectivity index (χ0v) is 11.6. The Bertz CT molecular complexity index is 604. The number of ether oxygens (including phenoxy) is 1. The van der Waals surface area contributed by atoms with E-state index < -0.39 is 0 Å². The van der Waals surface area contributed by atoms with E-state index in [-0.39, 0.29) is 5.84 Å². The van der Waals surface area contributed by atoms with Crippen LogP contribution in [0.1, 0.15) is 30.9 Å². The van der Waals surface area contributed by atoms with Gasteiger partial charge in [0, 0.05) is 5.56 Å². The Morgan fingerprint density at radius 1 is 1.10 bits per heavy atom. The van der Waals surface area contributed by atoms with Gasteiger partial charge in [-0.25, -0.2) is 0 Å². The maximum absolute atomic E-state index is 8.62. The molecule has 2 rings (SSSR count). The molecule has 104 valence electrons. The van der Waals surface area contributed by atoms with Gasteiger partial charge in [-0.15, -0.1) is 0 Å². The minimum absolute atomic E-state index is 0.0825. The highest BCUT2D eigenvalue weighted by atomic mass is 16.5. The highest BCUT2D eigenvalue weighted by molar-refractivity contribution is 5.97. The first-order valence-electron chi connectivity index (χ1n) is 6.46. The topological polar surface area (TPSA) is 67.8 Å². The van der Waals surface area contributed by atoms with Gasteiger partial charge in [-0.05, 0) is 41.8 Å². The molecular formula is C16H18N2O2. The first kappa shape index (κ1) is 13.9. The lowest BCUT2D eigenvalue weighted by Gasteiger charge is -2.13. The molecule has 4 nitrogen and oxygen atoms in total. The van der Waals surface area contributed by atoms with Gasteiger partial charge < -0.3 is 15.7 Å². The van der Waals surface area contributed by atoms with Gasteiger partial charge in [0.05, 0.1) is 0 Å². The molecule has 0 unspecified atom stereocenters. The molecule has 4 heteroatoms. The summed E-state index contributed by atoms with van der Waals surface area (Å²) in [6, 6.07) is 15.1. The summed E-state index contributed by atoms with van der Waals surface area (Å²) in [6.07, 6.45) is 0. The van der Waals surface area contributed by atoms with Crippen LogP contribution < -0.4 is 10.5 Å². The van der Waals surface area contributed by atoms with Crippen molar-refractivity contribution >= 4 is 5.84 Å². The molecule has 0 bridgehead atoms. The standard InChI is InChI=1S/C16H18N2O2/c1-11(2)14-5-3-4-6-15(14)20-13-9-7-12(8-10-13)16(17)18-19/h3-11,19H,1-2H3,(H2,17,18). The molecule has 0 atom stereocenters. The van der Waals surface area contributed by atoms with Gasteiger partial charge in [0.25, 0.3) is 0 Å². The van der Waals surface area contributed by atoms with Gasteiger partial charge >= 0.3 is 0 Å². The Morgan fingerprint density at radius 3 is 2.35 bits per heavy atom. The number of para-hydroxylation sites is 1. The van der Waals surface area contributed by atoms with Crippen molar-refractivity contribution in [2.24, 2.45) is 10.9 Å². The van der Waals surface area contributed by atoms with Crippen LogP contribution in [0.3, 0.4) is 0 Å². The van der Waals surface area contributed by atoms with Crippen LogP contribution in [0.15, 0.2) is 53.7 Å². The van der Waals surface area contributed by atoms with Crippen molar-refractivity contribution in [2.45, 2.75) is 19.8 Å². The lowest BCUT2D eigenvalue weighted by atomic mass is 10.0. The quantitative estimate of drug-likeness (QED) is 0.385. The van der Waals surface area contributed by atoms with Gasteiger partial charge in [-0.3, -0.25) is 0 Å². The fourth-order valence-corrected chi connectivity index (χ4v) is 1.93. The largest absolute Gasteiger partial charge is 0.457 e. The summed E-state index contributed by atoms with van der Waals surface area (Å²) < 4.78 is 5.90. The van der Waals surface area contributed by atoms with Crippen molar-refractivity contribution in [3.8, 4) is 11.5 Å². The van der Waals surface area contributed by atoms with Crippen LogP contribution in [0.4, 0.5) is 0 Å². The second-order valence-corrected chi connectivity index (χ2v) is 4.80. The van der Waals surface area contributed by atoms with Crippen LogP contribution in [0.2, 0.25) is 0 Å². The summed E-state index contributed by atoms with van der Waals surface area (Å²) in [7, 11) is 0. The number of hydrogen-bond donors (Lipinski definition) is 2. The molecule has 0 saturated carbocycles. The first-order valence-corrected chi connectivity index (χ1v) is 6.46. The van der Waals surface area contributed by atoms with Crippen molar-refractivity contribution in [1.82, 2.24) is 0 Å². The maximum atomic E-state index is 8.62. The second-order valence-electron chi connectivity index (χ2n) is 4.80. The lowest BCUT2D eigenvalue weighted by molar-refractivity contribution is 0.318. The van der Waals surface area contributed by atoms with Crippen LogP contribution in [0, 0.1) is 0 Å². The highest BCUT2D eigenvalue weighted by Gasteiger charge is 2.08. The van der Waals surface area contributed by atoms with E-state index in [9.17, 15) is 0 Å². The zero-order chi connectivity index (χ0) is 14.5. The third-order valence-electron chi connectivity index (χ3n) is 3.03. The van der Waals surface area contributed by atoms with Crippen molar-refractivity contribution < 1.29 is 9.94 Å². The van der Waals surface area contributed by atoms with E-state index in [1.54, 1.807) is 24.3 Å². The molecule has 2 aromatic rings. The van der Waals surface area contributed by atoms with E-state index in [4.69, 9.17) is 15.7 Å². The SMILES string of the molecule is CC(C)c1ccccc1Oc1ccc(/C(N)=N/O)cc1. The summed E-state index contributed by atoms with van der Waals surface area (Å²) in [4.78, 5) is 0. The Hall–Kier alpha value is -2.49. The van der Waals surface area contributed by atoms with Crippen molar-refractivity contribution in [3.63, 3.8) is 0 Å². The minimum Gasteiger partial charge on any atom is -0.457 e. The molecule has 20 heavy (non-hydrogen) atoms. The lowest BCUT2D eigenvalue weighted by Crippen LogP contribution is -2.12. The number of benzene rings is 2. The molecule has 0 radical (unpaired) electrons. The third kappa shape index (κ3) is 3.09. The predicted molar refractivity (Wildman–Crippen MR) is 79.6 cm³/mol. The van der Waals surface area contributed by atoms with E-state index in [2.05, 4.69) is 25.1 Å². The summed E-state index contributed by atoms with van der Waals surface area (Å²) in [5.74, 6) is 2.04. The van der Waals surface area contributed by atoms with Gasteiger partial charge in [-0.2, -0.15) is 0 Å². The van der Waals surface area contributed by atoms with Gasteiger partial charge in [-0.1, -0.05) is 37.2 Å². The summed E-state index contributed by atoms with van der Waals surface area (Å²) in [6.45, 7) is 4.26. The van der Waals surface area contributed by atoms with Crippen LogP contribution in [0.25, 0.3) is 0 Å². The molecule has 0 aromatic heterocycles. The van der Waals surface area contributed by atoms with E-state index in [1.165, 1.54) is 0 Å². The molecule has 0 aliphatic heterocycles. The Morgan fingerprint density at radius 2 is 1.75 bits per heavy atom. The van der Waals surface area contributed by atoms with E-state index in [0.29, 0.717) is 17.2 Å². The van der Waals surface area contributed by atoms with Crippen molar-refractivity contribution in [2.75, 3.05) is 0 Å². The molecule has 0 amide bonds. The molecule has 2 aromatic carbocycles. The van der Waals surface area contributed by atoms with E-state index in [0.717, 1.165) is 11.3 Å². The molecule has 0 fully saturated rings. The number of nitrogens with two attached hydrogens (primary N) is 1. The molecular weight excluding hydrogens is 252 g/mol. The summed E-state index contributed by atoms with van der Waals surface area (Å²) in [5.41, 5.74) is 7.33. The number of amidine groups is 1. The van der Waals surface area contributed by atoms with E-state index in [1.807, 2.05) is 18.2 Å². The molecule has 0 aliphatic carbocycles. The maximum Gasteiger partial charge on any atom is 0.170 e. The number of nitrogens with zero attached hydrogens (tertiary/aromatic N) is 1. The van der Waals surface area contributed by atoms with Gasteiger partial charge in [0.1, 0.15) is 11.5 Å². The zero-order valence-electron chi connectivity index (χ0n) is 11.6. The van der Waals surface area contributed by atoms with Crippen LogP contribution in [-0.2, 0) is 0 Å². The summed E-state index contributed by atoms with van der Waals surface area (Å²) in [5, 5.41) is 11.6. The highest BCUT2D eigenvalue weighted by Crippen LogP contribution is 2.30. The fourth-order valence-electron chi connectivity index (χ4n) is 1.93. The number of oxime groups is 1. The monoisotopic (exact) mass is 270 g/mol. The van der Waals surface area contributed by atoms with Crippen LogP contribution in [0.5, 0.6) is 11.5 Å². The minimum atomic E-state index is 0.0825. The van der Waals surface area contributed by atoms with Gasteiger partial charge in [0.15, 0.2) is 5.84 Å². The summed E-state index contributed by atoms with van der Waals surface area (Å²) >= 11 is 0. The Balaban J connectivity index is 2.23. The van der Waals surface area contributed by atoms with Crippen molar-refractivity contribution in [3.05, 3.63) is 59.7 Å². The van der Waals surface area contributed by atoms with E-state index >= 15 is 0 Å². The first-order chi connectivity index (χ1) is 9.61. The second kappa shape index (κ2) is 6.10. The molecule has 0 spiro atoms. The average molecular weight is 270 g/mol. The predicted octanol–water partition coefficient (Wildman–Crippen LogP) is 3.70. The molecule has 3 N–H and O–H groups in total. The average Bonchev–Trinajstić information content (AvgIpc) is 2.47.